The van der Waals surface area contributed by atoms with Crippen molar-refractivity contribution in [3.63, 3.8) is 0 Å². The van der Waals surface area contributed by atoms with E-state index >= 15 is 0 Å². The van der Waals surface area contributed by atoms with Gasteiger partial charge in [0.25, 0.3) is 0 Å². The van der Waals surface area contributed by atoms with Gasteiger partial charge in [0.05, 0.1) is 29.1 Å². The van der Waals surface area contributed by atoms with Crippen molar-refractivity contribution in [2.24, 2.45) is 0 Å². The van der Waals surface area contributed by atoms with Crippen LogP contribution in [-0.4, -0.2) is 28.8 Å². The van der Waals surface area contributed by atoms with Crippen molar-refractivity contribution < 1.29 is 14.6 Å². The number of rotatable bonds is 5. The van der Waals surface area contributed by atoms with Crippen LogP contribution >= 0.6 is 0 Å². The molecule has 2 aromatic carbocycles. The summed E-state index contributed by atoms with van der Waals surface area (Å²) in [5.41, 5.74) is 3.32. The van der Waals surface area contributed by atoms with Gasteiger partial charge in [0.2, 0.25) is 5.91 Å². The minimum atomic E-state index is -0.931. The van der Waals surface area contributed by atoms with Crippen molar-refractivity contribution in [1.82, 2.24) is 4.98 Å². The number of carbonyl (C=O) groups is 1. The van der Waals surface area contributed by atoms with E-state index in [1.807, 2.05) is 25.1 Å². The Kier molecular flexibility index (Phi) is 5.44. The Morgan fingerprint density at radius 3 is 2.90 bits per heavy atom. The number of carbonyl (C=O) groups excluding carboxylic acids is 1. The van der Waals surface area contributed by atoms with E-state index in [4.69, 9.17) is 11.2 Å². The summed E-state index contributed by atoms with van der Waals surface area (Å²) >= 11 is 0. The zero-order valence-electron chi connectivity index (χ0n) is 16.9. The molecular formula is C24H20N4O3. The van der Waals surface area contributed by atoms with Crippen LogP contribution in [0, 0.1) is 23.7 Å². The summed E-state index contributed by atoms with van der Waals surface area (Å²) in [6.45, 7) is 2.23. The van der Waals surface area contributed by atoms with Crippen LogP contribution in [0.4, 0.5) is 17.1 Å². The van der Waals surface area contributed by atoms with Crippen LogP contribution < -0.4 is 15.0 Å². The zero-order chi connectivity index (χ0) is 22.0. The number of anilines is 3. The van der Waals surface area contributed by atoms with Gasteiger partial charge in [0.15, 0.2) is 0 Å². The van der Waals surface area contributed by atoms with Gasteiger partial charge < -0.3 is 15.2 Å². The number of terminal acetylenes is 1. The third-order valence-electron chi connectivity index (χ3n) is 5.11. The maximum absolute atomic E-state index is 12.5. The number of nitriles is 1. The van der Waals surface area contributed by atoms with E-state index in [2.05, 4.69) is 22.3 Å². The molecule has 7 heteroatoms. The molecule has 1 aromatic heterocycles. The van der Waals surface area contributed by atoms with E-state index < -0.39 is 6.23 Å². The zero-order valence-corrected chi connectivity index (χ0v) is 16.9. The molecule has 1 atom stereocenters. The Bertz CT molecular complexity index is 1260. The van der Waals surface area contributed by atoms with E-state index in [1.165, 1.54) is 11.1 Å². The van der Waals surface area contributed by atoms with Crippen molar-refractivity contribution >= 4 is 33.9 Å². The lowest BCUT2D eigenvalue weighted by atomic mass is 10.1. The highest BCUT2D eigenvalue weighted by Crippen LogP contribution is 2.40. The first-order valence-corrected chi connectivity index (χ1v) is 9.89. The maximum atomic E-state index is 12.5. The highest BCUT2D eigenvalue weighted by Gasteiger charge is 2.33. The summed E-state index contributed by atoms with van der Waals surface area (Å²) in [7, 11) is 0. The summed E-state index contributed by atoms with van der Waals surface area (Å²) in [6.07, 6.45) is 6.67. The molecule has 1 aliphatic rings. The lowest BCUT2D eigenvalue weighted by Gasteiger charge is -2.24. The molecule has 3 aromatic rings. The normalized spacial score (nSPS) is 15.5. The summed E-state index contributed by atoms with van der Waals surface area (Å²) in [6, 6.07) is 12.9. The van der Waals surface area contributed by atoms with Gasteiger partial charge in [0, 0.05) is 41.7 Å². The maximum Gasteiger partial charge on any atom is 0.229 e. The van der Waals surface area contributed by atoms with Gasteiger partial charge in [-0.1, -0.05) is 12.0 Å². The monoisotopic (exact) mass is 412 g/mol. The van der Waals surface area contributed by atoms with Crippen molar-refractivity contribution in [3.8, 4) is 24.2 Å². The van der Waals surface area contributed by atoms with Crippen LogP contribution in [0.5, 0.6) is 5.75 Å². The highest BCUT2D eigenvalue weighted by molar-refractivity contribution is 6.04. The first-order chi connectivity index (χ1) is 15.0. The predicted octanol–water partition coefficient (Wildman–Crippen LogP) is 3.68. The van der Waals surface area contributed by atoms with Crippen LogP contribution in [0.2, 0.25) is 0 Å². The van der Waals surface area contributed by atoms with Gasteiger partial charge in [-0.3, -0.25) is 14.7 Å². The molecule has 4 rings (SSSR count). The van der Waals surface area contributed by atoms with E-state index in [9.17, 15) is 15.2 Å². The predicted molar refractivity (Wildman–Crippen MR) is 118 cm³/mol. The van der Waals surface area contributed by atoms with E-state index in [0.29, 0.717) is 57.9 Å². The largest absolute Gasteiger partial charge is 0.492 e. The van der Waals surface area contributed by atoms with Crippen LogP contribution in [0.3, 0.4) is 0 Å². The van der Waals surface area contributed by atoms with Gasteiger partial charge in [-0.2, -0.15) is 5.26 Å². The van der Waals surface area contributed by atoms with Crippen LogP contribution in [0.1, 0.15) is 30.9 Å². The average molecular weight is 412 g/mol. The molecule has 1 aliphatic heterocycles. The molecule has 0 radical (unpaired) electrons. The number of amides is 1. The third-order valence-corrected chi connectivity index (χ3v) is 5.11. The van der Waals surface area contributed by atoms with E-state index in [1.54, 1.807) is 18.2 Å². The number of pyridine rings is 1. The van der Waals surface area contributed by atoms with Crippen molar-refractivity contribution in [3.05, 3.63) is 53.7 Å². The molecule has 7 nitrogen and oxygen atoms in total. The Hall–Kier alpha value is -4.07. The lowest BCUT2D eigenvalue weighted by molar-refractivity contribution is -0.117. The first kappa shape index (κ1) is 20.2. The number of nitrogens with zero attached hydrogens (tertiary/aromatic N) is 3. The van der Waals surface area contributed by atoms with Crippen molar-refractivity contribution in [2.45, 2.75) is 26.0 Å². The Labute approximate surface area is 179 Å². The molecule has 1 saturated heterocycles. The van der Waals surface area contributed by atoms with Gasteiger partial charge in [-0.05, 0) is 31.2 Å². The second-order valence-corrected chi connectivity index (χ2v) is 7.06. The number of hydrogen-bond acceptors (Lipinski definition) is 6. The number of ether oxygens (including phenoxy) is 1. The number of aliphatic hydroxyl groups excluding tert-OH is 1. The van der Waals surface area contributed by atoms with Crippen LogP contribution in [0.15, 0.2) is 42.6 Å². The van der Waals surface area contributed by atoms with E-state index in [0.717, 1.165) is 0 Å². The fourth-order valence-corrected chi connectivity index (χ4v) is 3.68. The molecule has 2 heterocycles. The summed E-state index contributed by atoms with van der Waals surface area (Å²) in [5.74, 6) is 2.85. The van der Waals surface area contributed by atoms with Crippen LogP contribution in [0.25, 0.3) is 10.9 Å². The number of benzene rings is 2. The van der Waals surface area contributed by atoms with Gasteiger partial charge in [-0.15, -0.1) is 6.42 Å². The van der Waals surface area contributed by atoms with Gasteiger partial charge in [0.1, 0.15) is 18.0 Å². The Morgan fingerprint density at radius 2 is 2.23 bits per heavy atom. The number of fused-ring (bicyclic) bond motifs is 1. The Balaban J connectivity index is 1.92. The van der Waals surface area contributed by atoms with Gasteiger partial charge >= 0.3 is 0 Å². The second kappa shape index (κ2) is 8.35. The molecule has 1 amide bonds. The Morgan fingerprint density at radius 1 is 1.39 bits per heavy atom. The molecule has 0 saturated carbocycles. The minimum absolute atomic E-state index is 0.187. The summed E-state index contributed by atoms with van der Waals surface area (Å²) in [5, 5.41) is 23.9. The molecule has 0 aliphatic carbocycles. The minimum Gasteiger partial charge on any atom is -0.492 e. The summed E-state index contributed by atoms with van der Waals surface area (Å²) in [4.78, 5) is 18.2. The fourth-order valence-electron chi connectivity index (χ4n) is 3.68. The SMILES string of the molecule is C#Cc1cccc(Nc2c(C#N)cnc3cc(OCC)c(N4C(=O)CCC4O)cc23)c1. The second-order valence-electron chi connectivity index (χ2n) is 7.06. The van der Waals surface area contributed by atoms with Crippen LogP contribution in [-0.2, 0) is 4.79 Å². The molecule has 0 bridgehead atoms. The topological polar surface area (TPSA) is 98.5 Å². The number of aromatic nitrogens is 1. The number of hydrogen-bond donors (Lipinski definition) is 2. The number of aliphatic hydroxyl groups is 1. The molecule has 2 N–H and O–H groups in total. The smallest absolute Gasteiger partial charge is 0.229 e. The average Bonchev–Trinajstić information content (AvgIpc) is 3.12. The van der Waals surface area contributed by atoms with E-state index in [-0.39, 0.29) is 12.3 Å². The molecule has 31 heavy (non-hydrogen) atoms. The molecular weight excluding hydrogens is 392 g/mol. The quantitative estimate of drug-likeness (QED) is 0.621. The molecule has 154 valence electrons. The van der Waals surface area contributed by atoms with Crippen molar-refractivity contribution in [1.29, 1.82) is 5.26 Å². The highest BCUT2D eigenvalue weighted by atomic mass is 16.5. The first-order valence-electron chi connectivity index (χ1n) is 9.89. The number of nitrogens with one attached hydrogen (secondary N) is 1. The standard InChI is InChI=1S/C24H20N4O3/c1-3-15-6-5-7-17(10-15)27-24-16(13-25)14-26-19-12-21(31-4-2)20(11-18(19)24)28-22(29)8-9-23(28)30/h1,5-7,10-12,14,22,29H,4,8-9H2,2H3,(H,26,27). The summed E-state index contributed by atoms with van der Waals surface area (Å²) < 4.78 is 5.75. The molecule has 1 unspecified atom stereocenters. The van der Waals surface area contributed by atoms with Gasteiger partial charge in [-0.25, -0.2) is 0 Å². The molecule has 0 spiro atoms. The lowest BCUT2D eigenvalue weighted by Crippen LogP contribution is -2.33. The molecule has 1 fully saturated rings. The van der Waals surface area contributed by atoms with Crippen molar-refractivity contribution in [2.75, 3.05) is 16.8 Å². The third kappa shape index (κ3) is 3.75. The fraction of sp³-hybridized carbons (Fsp3) is 0.208.